The Labute approximate surface area is 159 Å². The quantitative estimate of drug-likeness (QED) is 0.620. The summed E-state index contributed by atoms with van der Waals surface area (Å²) in [5, 5.41) is 9.28. The molecule has 0 aliphatic heterocycles. The number of para-hydroxylation sites is 1. The second-order valence-electron chi connectivity index (χ2n) is 6.32. The van der Waals surface area contributed by atoms with Gasteiger partial charge in [-0.2, -0.15) is 0 Å². The molecule has 0 amide bonds. The maximum absolute atomic E-state index is 5.93. The molecule has 1 heterocycles. The Morgan fingerprint density at radius 1 is 1.04 bits per heavy atom. The van der Waals surface area contributed by atoms with E-state index in [1.807, 2.05) is 43.3 Å². The van der Waals surface area contributed by atoms with Gasteiger partial charge in [0.05, 0.1) is 0 Å². The van der Waals surface area contributed by atoms with Crippen molar-refractivity contribution in [2.24, 2.45) is 0 Å². The van der Waals surface area contributed by atoms with Crippen molar-refractivity contribution >= 4 is 17.7 Å². The van der Waals surface area contributed by atoms with E-state index in [0.29, 0.717) is 0 Å². The minimum absolute atomic E-state index is 0.780. The first-order valence-electron chi connectivity index (χ1n) is 8.70. The summed E-state index contributed by atoms with van der Waals surface area (Å²) < 4.78 is 2.06. The highest BCUT2D eigenvalue weighted by atomic mass is 35.5. The Hall–Kier alpha value is -2.43. The van der Waals surface area contributed by atoms with Crippen molar-refractivity contribution in [3.63, 3.8) is 0 Å². The molecule has 0 aliphatic carbocycles. The zero-order valence-electron chi connectivity index (χ0n) is 15.1. The van der Waals surface area contributed by atoms with Crippen LogP contribution in [0.1, 0.15) is 17.2 Å². The predicted octanol–water partition coefficient (Wildman–Crippen LogP) is 4.42. The molecule has 134 valence electrons. The van der Waals surface area contributed by atoms with Crippen molar-refractivity contribution in [2.75, 3.05) is 20.1 Å². The zero-order valence-corrected chi connectivity index (χ0v) is 15.9. The Bertz CT molecular complexity index is 853. The van der Waals surface area contributed by atoms with Gasteiger partial charge < -0.3 is 4.90 Å². The average Bonchev–Trinajstić information content (AvgIpc) is 3.02. The van der Waals surface area contributed by atoms with Gasteiger partial charge in [-0.25, -0.2) is 0 Å². The molecule has 1 aromatic heterocycles. The lowest BCUT2D eigenvalue weighted by atomic mass is 10.1. The molecule has 0 atom stereocenters. The molecule has 0 radical (unpaired) electrons. The van der Waals surface area contributed by atoms with Crippen LogP contribution in [0.2, 0.25) is 5.02 Å². The van der Waals surface area contributed by atoms with Crippen LogP contribution in [-0.4, -0.2) is 39.8 Å². The third kappa shape index (κ3) is 4.81. The summed E-state index contributed by atoms with van der Waals surface area (Å²) in [6.07, 6.45) is 5.16. The number of aromatic nitrogens is 3. The monoisotopic (exact) mass is 366 g/mol. The molecule has 2 aromatic carbocycles. The number of likely N-dealkylation sites (N-methyl/N-ethyl adjacent to an activating group) is 1. The van der Waals surface area contributed by atoms with Crippen molar-refractivity contribution in [1.82, 2.24) is 19.7 Å². The van der Waals surface area contributed by atoms with Gasteiger partial charge in [-0.05, 0) is 56.3 Å². The molecule has 5 heteroatoms. The highest BCUT2D eigenvalue weighted by Crippen LogP contribution is 2.13. The number of aryl methyl sites for hydroxylation is 1. The minimum Gasteiger partial charge on any atom is -0.302 e. The maximum Gasteiger partial charge on any atom is 0.160 e. The zero-order chi connectivity index (χ0) is 18.4. The van der Waals surface area contributed by atoms with Crippen LogP contribution in [0.4, 0.5) is 0 Å². The highest BCUT2D eigenvalue weighted by Gasteiger charge is 2.07. The molecule has 0 saturated heterocycles. The standard InChI is InChI=1S/C21H23ClN4/c1-17-23-24-21(26(17)20-7-4-3-5-8-20)9-6-15-25(2)16-14-18-10-12-19(22)13-11-18/h3-13H,14-16H2,1-2H3/b9-6+. The number of rotatable bonds is 7. The van der Waals surface area contributed by atoms with E-state index >= 15 is 0 Å². The molecule has 0 unspecified atom stereocenters. The summed E-state index contributed by atoms with van der Waals surface area (Å²) in [5.74, 6) is 1.73. The molecule has 26 heavy (non-hydrogen) atoms. The van der Waals surface area contributed by atoms with Crippen LogP contribution in [0.25, 0.3) is 11.8 Å². The fraction of sp³-hybridized carbons (Fsp3) is 0.238. The lowest BCUT2D eigenvalue weighted by Gasteiger charge is -2.14. The van der Waals surface area contributed by atoms with E-state index in [1.54, 1.807) is 0 Å². The number of nitrogens with zero attached hydrogens (tertiary/aromatic N) is 4. The number of halogens is 1. The van der Waals surface area contributed by atoms with Crippen molar-refractivity contribution in [2.45, 2.75) is 13.3 Å². The third-order valence-electron chi connectivity index (χ3n) is 4.24. The van der Waals surface area contributed by atoms with Gasteiger partial charge >= 0.3 is 0 Å². The van der Waals surface area contributed by atoms with E-state index in [0.717, 1.165) is 41.9 Å². The van der Waals surface area contributed by atoms with Crippen LogP contribution in [-0.2, 0) is 6.42 Å². The van der Waals surface area contributed by atoms with Gasteiger partial charge in [0.2, 0.25) is 0 Å². The number of hydrogen-bond donors (Lipinski definition) is 0. The first-order chi connectivity index (χ1) is 12.6. The summed E-state index contributed by atoms with van der Waals surface area (Å²) in [7, 11) is 2.12. The molecular weight excluding hydrogens is 344 g/mol. The van der Waals surface area contributed by atoms with Gasteiger partial charge in [0.1, 0.15) is 5.82 Å². The van der Waals surface area contributed by atoms with E-state index in [9.17, 15) is 0 Å². The second-order valence-corrected chi connectivity index (χ2v) is 6.75. The van der Waals surface area contributed by atoms with Gasteiger partial charge in [-0.15, -0.1) is 10.2 Å². The summed E-state index contributed by atoms with van der Waals surface area (Å²) in [5.41, 5.74) is 2.37. The van der Waals surface area contributed by atoms with Gasteiger partial charge in [0.25, 0.3) is 0 Å². The molecule has 0 fully saturated rings. The summed E-state index contributed by atoms with van der Waals surface area (Å²) in [6, 6.07) is 18.2. The maximum atomic E-state index is 5.93. The first-order valence-corrected chi connectivity index (χ1v) is 9.08. The van der Waals surface area contributed by atoms with Gasteiger partial charge in [-0.3, -0.25) is 4.57 Å². The minimum atomic E-state index is 0.780. The van der Waals surface area contributed by atoms with Gasteiger partial charge in [-0.1, -0.05) is 48.0 Å². The van der Waals surface area contributed by atoms with E-state index in [-0.39, 0.29) is 0 Å². The molecule has 3 aromatic rings. The molecular formula is C21H23ClN4. The fourth-order valence-corrected chi connectivity index (χ4v) is 2.91. The highest BCUT2D eigenvalue weighted by molar-refractivity contribution is 6.30. The summed E-state index contributed by atoms with van der Waals surface area (Å²) in [4.78, 5) is 2.28. The number of benzene rings is 2. The van der Waals surface area contributed by atoms with Crippen LogP contribution >= 0.6 is 11.6 Å². The molecule has 0 aliphatic rings. The van der Waals surface area contributed by atoms with E-state index in [4.69, 9.17) is 11.6 Å². The lowest BCUT2D eigenvalue weighted by Crippen LogP contribution is -2.21. The molecule has 0 spiro atoms. The topological polar surface area (TPSA) is 34.0 Å². The molecule has 4 nitrogen and oxygen atoms in total. The van der Waals surface area contributed by atoms with Crippen molar-refractivity contribution in [3.05, 3.63) is 82.9 Å². The Kier molecular flexibility index (Phi) is 6.21. The lowest BCUT2D eigenvalue weighted by molar-refractivity contribution is 0.375. The second kappa shape index (κ2) is 8.79. The Morgan fingerprint density at radius 2 is 1.77 bits per heavy atom. The summed E-state index contributed by atoms with van der Waals surface area (Å²) in [6.45, 7) is 3.81. The fourth-order valence-electron chi connectivity index (χ4n) is 2.78. The van der Waals surface area contributed by atoms with Crippen LogP contribution in [0.5, 0.6) is 0 Å². The Morgan fingerprint density at radius 3 is 2.50 bits per heavy atom. The van der Waals surface area contributed by atoms with Gasteiger partial charge in [0.15, 0.2) is 5.82 Å². The van der Waals surface area contributed by atoms with Crippen LogP contribution in [0.15, 0.2) is 60.7 Å². The van der Waals surface area contributed by atoms with Crippen LogP contribution in [0.3, 0.4) is 0 Å². The smallest absolute Gasteiger partial charge is 0.160 e. The SMILES string of the molecule is Cc1nnc(/C=C/CN(C)CCc2ccc(Cl)cc2)n1-c1ccccc1. The molecule has 3 rings (SSSR count). The van der Waals surface area contributed by atoms with Crippen molar-refractivity contribution in [1.29, 1.82) is 0 Å². The van der Waals surface area contributed by atoms with Crippen molar-refractivity contribution in [3.8, 4) is 5.69 Å². The first kappa shape index (κ1) is 18.4. The van der Waals surface area contributed by atoms with E-state index < -0.39 is 0 Å². The van der Waals surface area contributed by atoms with E-state index in [2.05, 4.69) is 57.1 Å². The molecule has 0 saturated carbocycles. The average molecular weight is 367 g/mol. The molecule has 0 N–H and O–H groups in total. The molecule has 0 bridgehead atoms. The Balaban J connectivity index is 1.58. The summed E-state index contributed by atoms with van der Waals surface area (Å²) >= 11 is 5.93. The third-order valence-corrected chi connectivity index (χ3v) is 4.50. The van der Waals surface area contributed by atoms with Crippen LogP contribution < -0.4 is 0 Å². The predicted molar refractivity (Wildman–Crippen MR) is 108 cm³/mol. The van der Waals surface area contributed by atoms with Crippen LogP contribution in [0, 0.1) is 6.92 Å². The van der Waals surface area contributed by atoms with Crippen molar-refractivity contribution < 1.29 is 0 Å². The van der Waals surface area contributed by atoms with E-state index in [1.165, 1.54) is 5.56 Å². The van der Waals surface area contributed by atoms with Gasteiger partial charge in [0, 0.05) is 23.8 Å². The largest absolute Gasteiger partial charge is 0.302 e. The number of hydrogen-bond acceptors (Lipinski definition) is 3. The normalized spacial score (nSPS) is 11.5.